The average Bonchev–Trinajstić information content (AvgIpc) is 2.70. The second-order valence-electron chi connectivity index (χ2n) is 8.09. The summed E-state index contributed by atoms with van der Waals surface area (Å²) in [6.45, 7) is 3.13. The number of alkyl halides is 3. The van der Waals surface area contributed by atoms with E-state index in [1.807, 2.05) is 26.0 Å². The third-order valence-electron chi connectivity index (χ3n) is 5.67. The number of benzene rings is 2. The van der Waals surface area contributed by atoms with Crippen LogP contribution in [0.3, 0.4) is 0 Å². The number of rotatable bonds is 5. The number of hydrogen-bond donors (Lipinski definition) is 2. The lowest BCUT2D eigenvalue weighted by Gasteiger charge is -2.41. The molecule has 0 radical (unpaired) electrons. The Balaban J connectivity index is 1.75. The maximum absolute atomic E-state index is 13.0. The van der Waals surface area contributed by atoms with E-state index in [0.29, 0.717) is 22.3 Å². The Morgan fingerprint density at radius 2 is 1.97 bits per heavy atom. The van der Waals surface area contributed by atoms with Gasteiger partial charge in [0.05, 0.1) is 28.6 Å². The lowest BCUT2D eigenvalue weighted by atomic mass is 9.99. The van der Waals surface area contributed by atoms with Crippen molar-refractivity contribution in [1.29, 1.82) is 5.26 Å². The van der Waals surface area contributed by atoms with Crippen molar-refractivity contribution >= 4 is 28.5 Å². The van der Waals surface area contributed by atoms with Crippen LogP contribution in [0.2, 0.25) is 0 Å². The van der Waals surface area contributed by atoms with Crippen LogP contribution in [0.25, 0.3) is 11.0 Å². The van der Waals surface area contributed by atoms with Crippen molar-refractivity contribution in [2.75, 3.05) is 23.3 Å². The third kappa shape index (κ3) is 4.26. The van der Waals surface area contributed by atoms with E-state index < -0.39 is 24.1 Å². The molecule has 0 amide bonds. The van der Waals surface area contributed by atoms with Gasteiger partial charge in [0.1, 0.15) is 6.07 Å². The smallest absolute Gasteiger partial charge is 0.395 e. The number of anilines is 2. The van der Waals surface area contributed by atoms with E-state index in [1.165, 1.54) is 11.0 Å². The second kappa shape index (κ2) is 8.24. The van der Waals surface area contributed by atoms with Crippen LogP contribution < -0.4 is 10.2 Å². The van der Waals surface area contributed by atoms with E-state index in [2.05, 4.69) is 15.3 Å². The summed E-state index contributed by atoms with van der Waals surface area (Å²) < 4.78 is 38.9. The van der Waals surface area contributed by atoms with Gasteiger partial charge in [0.15, 0.2) is 11.5 Å². The summed E-state index contributed by atoms with van der Waals surface area (Å²) in [5.74, 6) is -2.42. The van der Waals surface area contributed by atoms with Crippen LogP contribution in [0.1, 0.15) is 40.1 Å². The first-order chi connectivity index (χ1) is 15.6. The van der Waals surface area contributed by atoms with Gasteiger partial charge in [-0.05, 0) is 37.6 Å². The average molecular weight is 455 g/mol. The van der Waals surface area contributed by atoms with Gasteiger partial charge >= 0.3 is 12.1 Å². The number of carboxylic acid groups (broad SMARTS) is 1. The monoisotopic (exact) mass is 455 g/mol. The number of nitrogens with one attached hydrogen (secondary N) is 1. The van der Waals surface area contributed by atoms with E-state index in [0.717, 1.165) is 5.56 Å². The SMILES string of the molecule is Cc1cc([C@@H](C)Nc2ccccc2C(=O)O)c2nc(N3CC(C(F)(F)F)C3)c(C#N)nc2c1. The highest BCUT2D eigenvalue weighted by atomic mass is 19.4. The fourth-order valence-corrected chi connectivity index (χ4v) is 3.91. The molecule has 2 N–H and O–H groups in total. The highest BCUT2D eigenvalue weighted by Crippen LogP contribution is 2.37. The fraction of sp³-hybridized carbons (Fsp3) is 0.304. The minimum Gasteiger partial charge on any atom is -0.478 e. The summed E-state index contributed by atoms with van der Waals surface area (Å²) in [6, 6.07) is 11.6. The molecule has 0 unspecified atom stereocenters. The molecule has 1 fully saturated rings. The molecule has 1 aliphatic heterocycles. The fourth-order valence-electron chi connectivity index (χ4n) is 3.91. The Labute approximate surface area is 187 Å². The number of aryl methyl sites for hydroxylation is 1. The van der Waals surface area contributed by atoms with E-state index >= 15 is 0 Å². The largest absolute Gasteiger partial charge is 0.478 e. The number of halogens is 3. The van der Waals surface area contributed by atoms with Gasteiger partial charge in [0, 0.05) is 24.3 Å². The molecule has 1 aliphatic rings. The van der Waals surface area contributed by atoms with E-state index in [1.54, 1.807) is 24.3 Å². The number of para-hydroxylation sites is 1. The van der Waals surface area contributed by atoms with Crippen molar-refractivity contribution in [3.05, 3.63) is 58.8 Å². The first-order valence-electron chi connectivity index (χ1n) is 10.2. The zero-order valence-corrected chi connectivity index (χ0v) is 17.8. The molecule has 10 heteroatoms. The molecule has 2 heterocycles. The van der Waals surface area contributed by atoms with Gasteiger partial charge in [-0.2, -0.15) is 18.4 Å². The Morgan fingerprint density at radius 3 is 2.61 bits per heavy atom. The zero-order valence-electron chi connectivity index (χ0n) is 17.8. The van der Waals surface area contributed by atoms with Crippen molar-refractivity contribution in [2.24, 2.45) is 5.92 Å². The topological polar surface area (TPSA) is 102 Å². The van der Waals surface area contributed by atoms with E-state index in [9.17, 15) is 28.3 Å². The molecule has 1 aromatic heterocycles. The van der Waals surface area contributed by atoms with E-state index in [-0.39, 0.29) is 30.2 Å². The first kappa shape index (κ1) is 22.3. The van der Waals surface area contributed by atoms with Crippen molar-refractivity contribution in [1.82, 2.24) is 9.97 Å². The normalized spacial score (nSPS) is 15.1. The zero-order chi connectivity index (χ0) is 23.9. The van der Waals surface area contributed by atoms with Gasteiger partial charge in [0.2, 0.25) is 0 Å². The van der Waals surface area contributed by atoms with Crippen LogP contribution in [-0.2, 0) is 0 Å². The minimum absolute atomic E-state index is 0.0310. The number of carbonyl (C=O) groups is 1. The highest BCUT2D eigenvalue weighted by Gasteiger charge is 2.48. The summed E-state index contributed by atoms with van der Waals surface area (Å²) in [5.41, 5.74) is 2.93. The quantitative estimate of drug-likeness (QED) is 0.576. The number of carboxylic acids is 1. The predicted octanol–water partition coefficient (Wildman–Crippen LogP) is 4.68. The number of aromatic nitrogens is 2. The van der Waals surface area contributed by atoms with Crippen LogP contribution in [0.15, 0.2) is 36.4 Å². The van der Waals surface area contributed by atoms with Crippen LogP contribution >= 0.6 is 0 Å². The second-order valence-corrected chi connectivity index (χ2v) is 8.09. The first-order valence-corrected chi connectivity index (χ1v) is 10.2. The van der Waals surface area contributed by atoms with Gasteiger partial charge in [-0.15, -0.1) is 0 Å². The lowest BCUT2D eigenvalue weighted by Crippen LogP contribution is -2.54. The molecule has 0 spiro atoms. The number of fused-ring (bicyclic) bond motifs is 1. The molecule has 4 rings (SSSR count). The summed E-state index contributed by atoms with van der Waals surface area (Å²) in [4.78, 5) is 21.9. The maximum atomic E-state index is 13.0. The summed E-state index contributed by atoms with van der Waals surface area (Å²) in [7, 11) is 0. The van der Waals surface area contributed by atoms with E-state index in [4.69, 9.17) is 0 Å². The molecule has 0 bridgehead atoms. The molecule has 7 nitrogen and oxygen atoms in total. The Bertz CT molecular complexity index is 1280. The molecule has 1 atom stereocenters. The van der Waals surface area contributed by atoms with Crippen molar-refractivity contribution in [3.63, 3.8) is 0 Å². The summed E-state index contributed by atoms with van der Waals surface area (Å²) in [6.07, 6.45) is -4.30. The van der Waals surface area contributed by atoms with Gasteiger partial charge in [-0.25, -0.2) is 14.8 Å². The Morgan fingerprint density at radius 1 is 1.27 bits per heavy atom. The molecule has 3 aromatic rings. The highest BCUT2D eigenvalue weighted by molar-refractivity contribution is 5.94. The summed E-state index contributed by atoms with van der Waals surface area (Å²) in [5, 5.41) is 22.2. The minimum atomic E-state index is -4.30. The maximum Gasteiger partial charge on any atom is 0.395 e. The lowest BCUT2D eigenvalue weighted by molar-refractivity contribution is -0.180. The number of hydrogen-bond acceptors (Lipinski definition) is 6. The van der Waals surface area contributed by atoms with Gasteiger partial charge in [0.25, 0.3) is 0 Å². The Kier molecular flexibility index (Phi) is 5.57. The number of aromatic carboxylic acids is 1. The van der Waals surface area contributed by atoms with Crippen LogP contribution in [0.5, 0.6) is 0 Å². The number of nitrogens with zero attached hydrogens (tertiary/aromatic N) is 4. The Hall–Kier alpha value is -3.87. The molecule has 0 saturated carbocycles. The third-order valence-corrected chi connectivity index (χ3v) is 5.67. The van der Waals surface area contributed by atoms with Crippen LogP contribution in [-0.4, -0.2) is 40.3 Å². The van der Waals surface area contributed by atoms with Crippen molar-refractivity contribution in [2.45, 2.75) is 26.1 Å². The molecule has 2 aromatic carbocycles. The number of nitriles is 1. The summed E-state index contributed by atoms with van der Waals surface area (Å²) >= 11 is 0. The standard InChI is InChI=1S/C23H20F3N5O2/c1-12-7-16(13(2)28-17-6-4-3-5-15(17)22(32)33)20-18(8-12)29-19(9-27)21(30-20)31-10-14(11-31)23(24,25)26/h3-8,13-14,28H,10-11H2,1-2H3,(H,32,33)/t13-/m1/s1. The molecule has 170 valence electrons. The van der Waals surface area contributed by atoms with Gasteiger partial charge in [-0.3, -0.25) is 0 Å². The van der Waals surface area contributed by atoms with Crippen LogP contribution in [0, 0.1) is 24.2 Å². The van der Waals surface area contributed by atoms with Gasteiger partial charge in [-0.1, -0.05) is 18.2 Å². The van der Waals surface area contributed by atoms with Crippen molar-refractivity contribution < 1.29 is 23.1 Å². The molecular formula is C23H20F3N5O2. The predicted molar refractivity (Wildman–Crippen MR) is 116 cm³/mol. The van der Waals surface area contributed by atoms with Crippen LogP contribution in [0.4, 0.5) is 24.7 Å². The molecule has 0 aliphatic carbocycles. The van der Waals surface area contributed by atoms with Crippen molar-refractivity contribution in [3.8, 4) is 6.07 Å². The molecule has 1 saturated heterocycles. The van der Waals surface area contributed by atoms with Gasteiger partial charge < -0.3 is 15.3 Å². The molecule has 33 heavy (non-hydrogen) atoms. The molecular weight excluding hydrogens is 435 g/mol.